The van der Waals surface area contributed by atoms with E-state index in [-0.39, 0.29) is 6.54 Å². The highest BCUT2D eigenvalue weighted by Crippen LogP contribution is 2.29. The molecule has 0 spiro atoms. The minimum Gasteiger partial charge on any atom is -0.497 e. The molecule has 2 aromatic carbocycles. The Morgan fingerprint density at radius 3 is 2.32 bits per heavy atom. The van der Waals surface area contributed by atoms with Gasteiger partial charge in [0.05, 0.1) is 31.1 Å². The molecule has 0 saturated heterocycles. The fraction of sp³-hybridized carbons (Fsp3) is 0.240. The van der Waals surface area contributed by atoms with Gasteiger partial charge in [0.25, 0.3) is 5.56 Å². The highest BCUT2D eigenvalue weighted by Gasteiger charge is 2.20. The van der Waals surface area contributed by atoms with Gasteiger partial charge in [0, 0.05) is 18.8 Å². The monoisotopic (exact) mass is 462 g/mol. The maximum Gasteiger partial charge on any atom is 0.336 e. The molecule has 0 aliphatic rings. The molecule has 0 bridgehead atoms. The van der Waals surface area contributed by atoms with Gasteiger partial charge in [0.1, 0.15) is 23.6 Å². The van der Waals surface area contributed by atoms with Gasteiger partial charge < -0.3 is 19.4 Å². The molecule has 0 fully saturated rings. The molecule has 0 unspecified atom stereocenters. The summed E-state index contributed by atoms with van der Waals surface area (Å²) in [6, 6.07) is 13.8. The van der Waals surface area contributed by atoms with Crippen molar-refractivity contribution in [2.45, 2.75) is 20.4 Å². The first-order valence-electron chi connectivity index (χ1n) is 10.7. The van der Waals surface area contributed by atoms with Gasteiger partial charge in [-0.25, -0.2) is 9.36 Å². The molecule has 0 atom stereocenters. The lowest BCUT2D eigenvalue weighted by molar-refractivity contribution is -0.116. The summed E-state index contributed by atoms with van der Waals surface area (Å²) < 4.78 is 14.7. The fourth-order valence-corrected chi connectivity index (χ4v) is 3.90. The van der Waals surface area contributed by atoms with E-state index < -0.39 is 17.2 Å². The minimum absolute atomic E-state index is 0.292. The number of benzene rings is 2. The first-order valence-corrected chi connectivity index (χ1v) is 10.7. The summed E-state index contributed by atoms with van der Waals surface area (Å²) in [4.78, 5) is 39.9. The van der Waals surface area contributed by atoms with Gasteiger partial charge in [-0.3, -0.25) is 14.2 Å². The van der Waals surface area contributed by atoms with Crippen LogP contribution in [0.2, 0.25) is 0 Å². The number of ether oxygens (including phenoxy) is 2. The zero-order valence-electron chi connectivity index (χ0n) is 19.7. The van der Waals surface area contributed by atoms with E-state index in [4.69, 9.17) is 9.47 Å². The zero-order chi connectivity index (χ0) is 24.6. The van der Waals surface area contributed by atoms with Crippen molar-refractivity contribution in [3.8, 4) is 17.2 Å². The molecule has 34 heavy (non-hydrogen) atoms. The molecule has 0 radical (unpaired) electrons. The van der Waals surface area contributed by atoms with Crippen LogP contribution in [-0.2, 0) is 18.4 Å². The van der Waals surface area contributed by atoms with Crippen molar-refractivity contribution in [1.29, 1.82) is 0 Å². The van der Waals surface area contributed by atoms with E-state index in [2.05, 4.69) is 5.32 Å². The molecule has 0 aliphatic carbocycles. The Labute approximate surface area is 195 Å². The summed E-state index contributed by atoms with van der Waals surface area (Å²) >= 11 is 0. The van der Waals surface area contributed by atoms with Crippen LogP contribution in [0.5, 0.6) is 11.5 Å². The quantitative estimate of drug-likeness (QED) is 0.475. The number of methoxy groups -OCH3 is 2. The molecule has 4 rings (SSSR count). The maximum atomic E-state index is 13.5. The molecular weight excluding hydrogens is 436 g/mol. The number of fused-ring (bicyclic) bond motifs is 1. The van der Waals surface area contributed by atoms with Crippen molar-refractivity contribution < 1.29 is 14.3 Å². The van der Waals surface area contributed by atoms with Gasteiger partial charge in [0.2, 0.25) is 5.91 Å². The van der Waals surface area contributed by atoms with Gasteiger partial charge in [0.15, 0.2) is 0 Å². The molecule has 0 aliphatic heterocycles. The summed E-state index contributed by atoms with van der Waals surface area (Å²) in [7, 11) is 4.79. The SMILES string of the molecule is COc1ccc(NC(=O)Cn2c(=O)n(-c3ccc(C)cc3)c(=O)c3c2cc(C)n3C)c(OC)c1. The van der Waals surface area contributed by atoms with Crippen LogP contribution in [0, 0.1) is 13.8 Å². The minimum atomic E-state index is -0.594. The van der Waals surface area contributed by atoms with Crippen molar-refractivity contribution in [2.24, 2.45) is 7.05 Å². The van der Waals surface area contributed by atoms with Crippen LogP contribution in [0.15, 0.2) is 58.1 Å². The smallest absolute Gasteiger partial charge is 0.336 e. The number of rotatable bonds is 6. The van der Waals surface area contributed by atoms with Crippen LogP contribution >= 0.6 is 0 Å². The zero-order valence-corrected chi connectivity index (χ0v) is 19.7. The number of hydrogen-bond acceptors (Lipinski definition) is 5. The number of anilines is 1. The Bertz CT molecular complexity index is 1510. The number of aromatic nitrogens is 3. The van der Waals surface area contributed by atoms with E-state index in [1.165, 1.54) is 18.8 Å². The predicted molar refractivity (Wildman–Crippen MR) is 130 cm³/mol. The summed E-state index contributed by atoms with van der Waals surface area (Å²) in [5.41, 5.74) is 2.38. The Balaban J connectivity index is 1.82. The van der Waals surface area contributed by atoms with Gasteiger partial charge in [-0.2, -0.15) is 0 Å². The van der Waals surface area contributed by atoms with Gasteiger partial charge in [-0.05, 0) is 44.2 Å². The third-order valence-corrected chi connectivity index (χ3v) is 5.85. The van der Waals surface area contributed by atoms with Gasteiger partial charge >= 0.3 is 5.69 Å². The van der Waals surface area contributed by atoms with E-state index >= 15 is 0 Å². The summed E-state index contributed by atoms with van der Waals surface area (Å²) in [6.45, 7) is 3.47. The average Bonchev–Trinajstić information content (AvgIpc) is 3.12. The van der Waals surface area contributed by atoms with Crippen LogP contribution in [0.25, 0.3) is 16.7 Å². The number of nitrogens with one attached hydrogen (secondary N) is 1. The van der Waals surface area contributed by atoms with Crippen molar-refractivity contribution in [3.63, 3.8) is 0 Å². The number of carbonyl (C=O) groups excluding carboxylic acids is 1. The molecule has 1 amide bonds. The van der Waals surface area contributed by atoms with E-state index in [0.717, 1.165) is 15.8 Å². The lowest BCUT2D eigenvalue weighted by atomic mass is 10.2. The molecule has 9 nitrogen and oxygen atoms in total. The van der Waals surface area contributed by atoms with Crippen LogP contribution in [0.1, 0.15) is 11.3 Å². The Kier molecular flexibility index (Phi) is 6.02. The molecule has 1 N–H and O–H groups in total. The van der Waals surface area contributed by atoms with Crippen molar-refractivity contribution in [2.75, 3.05) is 19.5 Å². The van der Waals surface area contributed by atoms with E-state index in [0.29, 0.717) is 33.9 Å². The molecule has 9 heteroatoms. The highest BCUT2D eigenvalue weighted by atomic mass is 16.5. The van der Waals surface area contributed by atoms with Crippen LogP contribution in [-0.4, -0.2) is 33.8 Å². The maximum absolute atomic E-state index is 13.5. The topological polar surface area (TPSA) is 96.5 Å². The second kappa shape index (κ2) is 8.93. The van der Waals surface area contributed by atoms with Crippen LogP contribution in [0.4, 0.5) is 5.69 Å². The Morgan fingerprint density at radius 2 is 1.68 bits per heavy atom. The largest absolute Gasteiger partial charge is 0.497 e. The van der Waals surface area contributed by atoms with Crippen molar-refractivity contribution in [3.05, 3.63) is 80.6 Å². The number of carbonyl (C=O) groups is 1. The summed E-state index contributed by atoms with van der Waals surface area (Å²) in [6.07, 6.45) is 0. The van der Waals surface area contributed by atoms with Crippen molar-refractivity contribution in [1.82, 2.24) is 13.7 Å². The van der Waals surface area contributed by atoms with Crippen molar-refractivity contribution >= 4 is 22.6 Å². The predicted octanol–water partition coefficient (Wildman–Crippen LogP) is 2.76. The van der Waals surface area contributed by atoms with Gasteiger partial charge in [-0.15, -0.1) is 0 Å². The lowest BCUT2D eigenvalue weighted by Crippen LogP contribution is -2.41. The second-order valence-corrected chi connectivity index (χ2v) is 8.04. The van der Waals surface area contributed by atoms with E-state index in [1.807, 2.05) is 26.0 Å². The highest BCUT2D eigenvalue weighted by molar-refractivity contribution is 5.93. The van der Waals surface area contributed by atoms with E-state index in [9.17, 15) is 14.4 Å². The molecular formula is C25H26N4O5. The summed E-state index contributed by atoms with van der Waals surface area (Å²) in [5.74, 6) is 0.561. The third-order valence-electron chi connectivity index (χ3n) is 5.85. The molecule has 2 heterocycles. The number of aryl methyl sites for hydroxylation is 3. The first-order chi connectivity index (χ1) is 16.2. The van der Waals surface area contributed by atoms with Crippen LogP contribution < -0.4 is 26.0 Å². The molecule has 176 valence electrons. The standard InChI is InChI=1S/C25H26N4O5/c1-15-6-8-17(9-7-15)29-24(31)23-20(12-16(2)27(23)3)28(25(29)32)14-22(30)26-19-11-10-18(33-4)13-21(19)34-5/h6-13H,14H2,1-5H3,(H,26,30). The molecule has 0 saturated carbocycles. The normalized spacial score (nSPS) is 11.0. The second-order valence-electron chi connectivity index (χ2n) is 8.04. The summed E-state index contributed by atoms with van der Waals surface area (Å²) in [5, 5.41) is 2.78. The third kappa shape index (κ3) is 3.96. The fourth-order valence-electron chi connectivity index (χ4n) is 3.90. The van der Waals surface area contributed by atoms with Gasteiger partial charge in [-0.1, -0.05) is 17.7 Å². The first kappa shape index (κ1) is 22.9. The number of nitrogens with zero attached hydrogens (tertiary/aromatic N) is 3. The van der Waals surface area contributed by atoms with Crippen LogP contribution in [0.3, 0.4) is 0 Å². The average molecular weight is 463 g/mol. The Morgan fingerprint density at radius 1 is 0.971 bits per heavy atom. The lowest BCUT2D eigenvalue weighted by Gasteiger charge is -2.15. The number of hydrogen-bond donors (Lipinski definition) is 1. The molecule has 4 aromatic rings. The van der Waals surface area contributed by atoms with E-state index in [1.54, 1.807) is 48.0 Å². The molecule has 2 aromatic heterocycles. The Hall–Kier alpha value is -4.27. The number of amides is 1.